The number of nitrogens with one attached hydrogen (secondary N) is 1. The SMILES string of the molecule is NCCNC(N)(CC(=O)O)C(CC(=O)O)(CC(=O)O)CC(=O)O. The quantitative estimate of drug-likeness (QED) is 0.195. The highest BCUT2D eigenvalue weighted by atomic mass is 16.4. The van der Waals surface area contributed by atoms with E-state index in [4.69, 9.17) is 31.9 Å². The van der Waals surface area contributed by atoms with Crippen molar-refractivity contribution in [1.29, 1.82) is 0 Å². The summed E-state index contributed by atoms with van der Waals surface area (Å²) in [6.45, 7) is -0.0494. The number of rotatable bonds is 12. The lowest BCUT2D eigenvalue weighted by molar-refractivity contribution is -0.156. The number of carbonyl (C=O) groups is 4. The van der Waals surface area contributed by atoms with Crippen LogP contribution in [0, 0.1) is 5.41 Å². The summed E-state index contributed by atoms with van der Waals surface area (Å²) in [5.41, 5.74) is 7.12. The summed E-state index contributed by atoms with van der Waals surface area (Å²) in [7, 11) is 0. The molecular formula is C12H21N3O8. The van der Waals surface area contributed by atoms with Crippen molar-refractivity contribution in [3.63, 3.8) is 0 Å². The van der Waals surface area contributed by atoms with Gasteiger partial charge in [-0.2, -0.15) is 0 Å². The fourth-order valence-corrected chi connectivity index (χ4v) is 2.50. The number of carboxylic acid groups (broad SMARTS) is 4. The van der Waals surface area contributed by atoms with Crippen LogP contribution >= 0.6 is 0 Å². The van der Waals surface area contributed by atoms with Gasteiger partial charge in [-0.05, 0) is 0 Å². The lowest BCUT2D eigenvalue weighted by Crippen LogP contribution is -2.68. The third-order valence-corrected chi connectivity index (χ3v) is 3.43. The average Bonchev–Trinajstić information content (AvgIpc) is 2.32. The molecule has 0 amide bonds. The second-order valence-corrected chi connectivity index (χ2v) is 5.25. The zero-order chi connectivity index (χ0) is 18.3. The van der Waals surface area contributed by atoms with E-state index in [1.54, 1.807) is 0 Å². The molecule has 0 spiro atoms. The summed E-state index contributed by atoms with van der Waals surface area (Å²) in [5, 5.41) is 38.7. The van der Waals surface area contributed by atoms with E-state index in [0.29, 0.717) is 0 Å². The summed E-state index contributed by atoms with van der Waals surface area (Å²) >= 11 is 0. The van der Waals surface area contributed by atoms with E-state index in [-0.39, 0.29) is 13.1 Å². The molecule has 0 aliphatic carbocycles. The Morgan fingerprint density at radius 2 is 1.13 bits per heavy atom. The molecular weight excluding hydrogens is 314 g/mol. The maximum Gasteiger partial charge on any atom is 0.306 e. The fraction of sp³-hybridized carbons (Fsp3) is 0.667. The summed E-state index contributed by atoms with van der Waals surface area (Å²) in [6.07, 6.45) is -3.69. The van der Waals surface area contributed by atoms with Gasteiger partial charge in [0.1, 0.15) is 0 Å². The van der Waals surface area contributed by atoms with E-state index in [1.165, 1.54) is 0 Å². The normalized spacial score (nSPS) is 14.0. The van der Waals surface area contributed by atoms with Crippen LogP contribution in [0.2, 0.25) is 0 Å². The molecule has 0 aromatic carbocycles. The summed E-state index contributed by atoms with van der Waals surface area (Å²) in [6, 6.07) is 0. The predicted molar refractivity (Wildman–Crippen MR) is 75.4 cm³/mol. The zero-order valence-corrected chi connectivity index (χ0v) is 12.3. The molecule has 0 heterocycles. The van der Waals surface area contributed by atoms with E-state index in [1.807, 2.05) is 0 Å². The third kappa shape index (κ3) is 6.18. The minimum atomic E-state index is -2.09. The Hall–Kier alpha value is -2.24. The van der Waals surface area contributed by atoms with Crippen LogP contribution in [0.4, 0.5) is 0 Å². The van der Waals surface area contributed by atoms with Gasteiger partial charge in [0.2, 0.25) is 0 Å². The number of nitrogens with two attached hydrogens (primary N) is 2. The van der Waals surface area contributed by atoms with Gasteiger partial charge < -0.3 is 31.9 Å². The molecule has 0 aliphatic rings. The maximum absolute atomic E-state index is 11.1. The van der Waals surface area contributed by atoms with Crippen LogP contribution in [-0.4, -0.2) is 63.1 Å². The van der Waals surface area contributed by atoms with Gasteiger partial charge in [0, 0.05) is 18.5 Å². The van der Waals surface area contributed by atoms with Crippen LogP contribution in [0.15, 0.2) is 0 Å². The number of aliphatic carboxylic acids is 4. The molecule has 0 aromatic rings. The Bertz CT molecular complexity index is 440. The van der Waals surface area contributed by atoms with Gasteiger partial charge in [-0.15, -0.1) is 0 Å². The van der Waals surface area contributed by atoms with E-state index < -0.39 is 60.6 Å². The predicted octanol–water partition coefficient (Wildman–Crippen LogP) is -1.93. The molecule has 0 radical (unpaired) electrons. The second-order valence-electron chi connectivity index (χ2n) is 5.25. The smallest absolute Gasteiger partial charge is 0.306 e. The number of hydrogen-bond acceptors (Lipinski definition) is 7. The van der Waals surface area contributed by atoms with Gasteiger partial charge in [0.05, 0.1) is 31.3 Å². The minimum Gasteiger partial charge on any atom is -0.481 e. The summed E-state index contributed by atoms with van der Waals surface area (Å²) in [4.78, 5) is 44.5. The van der Waals surface area contributed by atoms with Crippen molar-refractivity contribution in [2.75, 3.05) is 13.1 Å². The van der Waals surface area contributed by atoms with Gasteiger partial charge in [0.15, 0.2) is 0 Å². The van der Waals surface area contributed by atoms with E-state index >= 15 is 0 Å². The maximum atomic E-state index is 11.1. The Morgan fingerprint density at radius 1 is 0.783 bits per heavy atom. The first-order chi connectivity index (χ1) is 10.5. The number of hydrogen-bond donors (Lipinski definition) is 7. The van der Waals surface area contributed by atoms with Crippen molar-refractivity contribution in [3.8, 4) is 0 Å². The summed E-state index contributed by atoms with van der Waals surface area (Å²) in [5.74, 6) is -5.94. The molecule has 1 unspecified atom stereocenters. The first-order valence-corrected chi connectivity index (χ1v) is 6.59. The lowest BCUT2D eigenvalue weighted by atomic mass is 9.66. The molecule has 0 saturated heterocycles. The van der Waals surface area contributed by atoms with Gasteiger partial charge >= 0.3 is 23.9 Å². The molecule has 0 bridgehead atoms. The fourth-order valence-electron chi connectivity index (χ4n) is 2.50. The van der Waals surface area contributed by atoms with E-state index in [0.717, 1.165) is 0 Å². The molecule has 9 N–H and O–H groups in total. The van der Waals surface area contributed by atoms with E-state index in [9.17, 15) is 19.2 Å². The Morgan fingerprint density at radius 3 is 1.39 bits per heavy atom. The first-order valence-electron chi connectivity index (χ1n) is 6.59. The van der Waals surface area contributed by atoms with Crippen molar-refractivity contribution in [1.82, 2.24) is 5.32 Å². The van der Waals surface area contributed by atoms with Crippen LogP contribution in [0.1, 0.15) is 25.7 Å². The Labute approximate surface area is 131 Å². The second kappa shape index (κ2) is 8.41. The molecule has 0 aliphatic heterocycles. The van der Waals surface area contributed by atoms with Gasteiger partial charge in [-0.3, -0.25) is 24.5 Å². The van der Waals surface area contributed by atoms with Crippen LogP contribution in [0.3, 0.4) is 0 Å². The molecule has 0 fully saturated rings. The van der Waals surface area contributed by atoms with Gasteiger partial charge in [-0.1, -0.05) is 0 Å². The largest absolute Gasteiger partial charge is 0.481 e. The lowest BCUT2D eigenvalue weighted by Gasteiger charge is -2.46. The molecule has 11 nitrogen and oxygen atoms in total. The van der Waals surface area contributed by atoms with Crippen molar-refractivity contribution in [3.05, 3.63) is 0 Å². The highest BCUT2D eigenvalue weighted by molar-refractivity contribution is 5.77. The van der Waals surface area contributed by atoms with Gasteiger partial charge in [0.25, 0.3) is 0 Å². The molecule has 0 saturated carbocycles. The molecule has 23 heavy (non-hydrogen) atoms. The van der Waals surface area contributed by atoms with Crippen LogP contribution < -0.4 is 16.8 Å². The zero-order valence-electron chi connectivity index (χ0n) is 12.3. The van der Waals surface area contributed by atoms with Crippen molar-refractivity contribution in [2.45, 2.75) is 31.3 Å². The van der Waals surface area contributed by atoms with Crippen molar-refractivity contribution < 1.29 is 39.6 Å². The number of carboxylic acids is 4. The highest BCUT2D eigenvalue weighted by Gasteiger charge is 2.53. The Kier molecular flexibility index (Phi) is 7.59. The third-order valence-electron chi connectivity index (χ3n) is 3.43. The molecule has 132 valence electrons. The van der Waals surface area contributed by atoms with E-state index in [2.05, 4.69) is 5.32 Å². The van der Waals surface area contributed by atoms with Crippen LogP contribution in [0.5, 0.6) is 0 Å². The standard InChI is InChI=1S/C12H21N3O8/c13-1-2-15-12(14,6-10(22)23)11(3-7(16)17,4-8(18)19)5-9(20)21/h15H,1-6,13-14H2,(H,16,17)(H,18,19)(H,20,21)(H,22,23). The topological polar surface area (TPSA) is 213 Å². The molecule has 0 rings (SSSR count). The monoisotopic (exact) mass is 335 g/mol. The van der Waals surface area contributed by atoms with Crippen molar-refractivity contribution in [2.24, 2.45) is 16.9 Å². The van der Waals surface area contributed by atoms with Gasteiger partial charge in [-0.25, -0.2) is 0 Å². The molecule has 0 aromatic heterocycles. The molecule has 1 atom stereocenters. The minimum absolute atomic E-state index is 0.00185. The first kappa shape index (κ1) is 20.8. The van der Waals surface area contributed by atoms with Crippen LogP contribution in [0.25, 0.3) is 0 Å². The average molecular weight is 335 g/mol. The van der Waals surface area contributed by atoms with Crippen molar-refractivity contribution >= 4 is 23.9 Å². The highest BCUT2D eigenvalue weighted by Crippen LogP contribution is 2.41. The summed E-state index contributed by atoms with van der Waals surface area (Å²) < 4.78 is 0. The van der Waals surface area contributed by atoms with Crippen LogP contribution in [-0.2, 0) is 19.2 Å². The molecule has 11 heteroatoms. The Balaban J connectivity index is 6.10.